The van der Waals surface area contributed by atoms with Gasteiger partial charge in [-0.2, -0.15) is 0 Å². The zero-order valence-corrected chi connectivity index (χ0v) is 15.8. The standard InChI is InChI=1S/C18H20N4OS2/c1-2-5-12-10-6-3-4-7-11(10)14-15-16(25-17(14)22-12)18(21-9-20-15)24-8-13(19)23/h9H,2-8H2,1H3,(H2,19,23). The molecule has 0 unspecified atom stereocenters. The van der Waals surface area contributed by atoms with E-state index in [0.717, 1.165) is 45.8 Å². The zero-order valence-electron chi connectivity index (χ0n) is 14.2. The number of aromatic nitrogens is 3. The van der Waals surface area contributed by atoms with E-state index in [1.165, 1.54) is 46.8 Å². The third-order valence-electron chi connectivity index (χ3n) is 4.61. The summed E-state index contributed by atoms with van der Waals surface area (Å²) in [5.41, 5.74) is 10.4. The topological polar surface area (TPSA) is 81.8 Å². The summed E-state index contributed by atoms with van der Waals surface area (Å²) in [6.07, 6.45) is 8.42. The Labute approximate surface area is 154 Å². The molecule has 1 aliphatic rings. The molecule has 0 spiro atoms. The van der Waals surface area contributed by atoms with Crippen molar-refractivity contribution in [2.24, 2.45) is 5.73 Å². The third-order valence-corrected chi connectivity index (χ3v) is 6.83. The number of carbonyl (C=O) groups is 1. The number of hydrogen-bond acceptors (Lipinski definition) is 6. The molecule has 3 aromatic rings. The highest BCUT2D eigenvalue weighted by Crippen LogP contribution is 2.41. The molecule has 5 nitrogen and oxygen atoms in total. The van der Waals surface area contributed by atoms with E-state index in [-0.39, 0.29) is 11.7 Å². The number of hydrogen-bond donors (Lipinski definition) is 1. The predicted octanol–water partition coefficient (Wildman–Crippen LogP) is 3.65. The van der Waals surface area contributed by atoms with Gasteiger partial charge in [0.05, 0.1) is 16.0 Å². The SMILES string of the molecule is CCCc1nc2sc3c(SCC(N)=O)ncnc3c2c2c1CCCC2. The quantitative estimate of drug-likeness (QED) is 0.546. The number of thioether (sulfide) groups is 1. The molecule has 0 atom stereocenters. The van der Waals surface area contributed by atoms with E-state index < -0.39 is 0 Å². The lowest BCUT2D eigenvalue weighted by Gasteiger charge is -2.19. The smallest absolute Gasteiger partial charge is 0.227 e. The van der Waals surface area contributed by atoms with Crippen molar-refractivity contribution in [1.29, 1.82) is 0 Å². The summed E-state index contributed by atoms with van der Waals surface area (Å²) in [4.78, 5) is 26.1. The number of carbonyl (C=O) groups excluding carboxylic acids is 1. The molecule has 0 aliphatic heterocycles. The van der Waals surface area contributed by atoms with E-state index in [1.54, 1.807) is 17.7 Å². The molecule has 0 fully saturated rings. The highest BCUT2D eigenvalue weighted by molar-refractivity contribution is 8.00. The molecule has 0 saturated heterocycles. The average molecular weight is 373 g/mol. The molecular weight excluding hydrogens is 352 g/mol. The van der Waals surface area contributed by atoms with Crippen LogP contribution in [-0.4, -0.2) is 26.6 Å². The van der Waals surface area contributed by atoms with Gasteiger partial charge >= 0.3 is 0 Å². The lowest BCUT2D eigenvalue weighted by molar-refractivity contribution is -0.115. The van der Waals surface area contributed by atoms with Crippen molar-refractivity contribution in [3.63, 3.8) is 0 Å². The summed E-state index contributed by atoms with van der Waals surface area (Å²) in [5, 5.41) is 2.03. The maximum absolute atomic E-state index is 11.1. The van der Waals surface area contributed by atoms with Crippen LogP contribution in [0.2, 0.25) is 0 Å². The molecular formula is C18H20N4OS2. The maximum atomic E-state index is 11.1. The normalized spacial score (nSPS) is 14.1. The van der Waals surface area contributed by atoms with Crippen LogP contribution in [-0.2, 0) is 24.1 Å². The summed E-state index contributed by atoms with van der Waals surface area (Å²) in [6, 6.07) is 0. The van der Waals surface area contributed by atoms with Crippen molar-refractivity contribution >= 4 is 49.4 Å². The Morgan fingerprint density at radius 1 is 1.28 bits per heavy atom. The first-order valence-corrected chi connectivity index (χ1v) is 10.5. The first kappa shape index (κ1) is 16.7. The minimum absolute atomic E-state index is 0.229. The first-order valence-electron chi connectivity index (χ1n) is 8.68. The van der Waals surface area contributed by atoms with Gasteiger partial charge in [-0.1, -0.05) is 25.1 Å². The van der Waals surface area contributed by atoms with Gasteiger partial charge in [0.25, 0.3) is 0 Å². The lowest BCUT2D eigenvalue weighted by atomic mass is 9.88. The van der Waals surface area contributed by atoms with Crippen molar-refractivity contribution in [3.05, 3.63) is 23.1 Å². The van der Waals surface area contributed by atoms with Crippen LogP contribution in [0.4, 0.5) is 0 Å². The number of aryl methyl sites for hydroxylation is 2. The molecule has 0 saturated carbocycles. The van der Waals surface area contributed by atoms with Crippen molar-refractivity contribution in [1.82, 2.24) is 15.0 Å². The van der Waals surface area contributed by atoms with E-state index in [9.17, 15) is 4.79 Å². The first-order chi connectivity index (χ1) is 12.2. The molecule has 1 amide bonds. The number of pyridine rings is 1. The molecule has 0 radical (unpaired) electrons. The zero-order chi connectivity index (χ0) is 17.4. The Morgan fingerprint density at radius 3 is 2.84 bits per heavy atom. The lowest BCUT2D eigenvalue weighted by Crippen LogP contribution is -2.13. The Kier molecular flexibility index (Phi) is 4.60. The van der Waals surface area contributed by atoms with Gasteiger partial charge in [0.15, 0.2) is 0 Å². The van der Waals surface area contributed by atoms with Crippen LogP contribution >= 0.6 is 23.1 Å². The van der Waals surface area contributed by atoms with Crippen molar-refractivity contribution in [2.45, 2.75) is 50.5 Å². The monoisotopic (exact) mass is 372 g/mol. The number of rotatable bonds is 5. The van der Waals surface area contributed by atoms with Crippen molar-refractivity contribution < 1.29 is 4.79 Å². The van der Waals surface area contributed by atoms with Gasteiger partial charge in [-0.15, -0.1) is 11.3 Å². The van der Waals surface area contributed by atoms with Gasteiger partial charge in [0, 0.05) is 11.1 Å². The van der Waals surface area contributed by atoms with Gasteiger partial charge in [0.2, 0.25) is 5.91 Å². The predicted molar refractivity (Wildman–Crippen MR) is 103 cm³/mol. The van der Waals surface area contributed by atoms with E-state index >= 15 is 0 Å². The summed E-state index contributed by atoms with van der Waals surface area (Å²) < 4.78 is 1.03. The molecule has 4 rings (SSSR count). The van der Waals surface area contributed by atoms with Gasteiger partial charge < -0.3 is 5.73 Å². The number of nitrogens with zero attached hydrogens (tertiary/aromatic N) is 3. The Balaban J connectivity index is 1.95. The fourth-order valence-corrected chi connectivity index (χ4v) is 5.60. The molecule has 7 heteroatoms. The summed E-state index contributed by atoms with van der Waals surface area (Å²) in [5.74, 6) is -0.105. The van der Waals surface area contributed by atoms with Crippen LogP contribution < -0.4 is 5.73 Å². The van der Waals surface area contributed by atoms with Crippen molar-refractivity contribution in [2.75, 3.05) is 5.75 Å². The van der Waals surface area contributed by atoms with Crippen molar-refractivity contribution in [3.8, 4) is 0 Å². The third kappa shape index (κ3) is 3.00. The summed E-state index contributed by atoms with van der Waals surface area (Å²) in [6.45, 7) is 2.20. The Bertz CT molecular complexity index is 967. The highest BCUT2D eigenvalue weighted by Gasteiger charge is 2.23. The molecule has 25 heavy (non-hydrogen) atoms. The summed E-state index contributed by atoms with van der Waals surface area (Å²) in [7, 11) is 0. The van der Waals surface area contributed by atoms with E-state index in [1.807, 2.05) is 0 Å². The van der Waals surface area contributed by atoms with Crippen LogP contribution in [0.5, 0.6) is 0 Å². The number of thiophene rings is 1. The fraction of sp³-hybridized carbons (Fsp3) is 0.444. The maximum Gasteiger partial charge on any atom is 0.227 e. The van der Waals surface area contributed by atoms with E-state index in [0.29, 0.717) is 0 Å². The summed E-state index contributed by atoms with van der Waals surface area (Å²) >= 11 is 3.03. The minimum atomic E-state index is -0.335. The fourth-order valence-electron chi connectivity index (χ4n) is 3.60. The van der Waals surface area contributed by atoms with E-state index in [4.69, 9.17) is 10.7 Å². The Hall–Kier alpha value is -1.73. The second-order valence-electron chi connectivity index (χ2n) is 6.37. The van der Waals surface area contributed by atoms with Crippen LogP contribution in [0, 0.1) is 0 Å². The molecule has 2 N–H and O–H groups in total. The van der Waals surface area contributed by atoms with Gasteiger partial charge in [-0.25, -0.2) is 15.0 Å². The Morgan fingerprint density at radius 2 is 2.08 bits per heavy atom. The minimum Gasteiger partial charge on any atom is -0.369 e. The second kappa shape index (κ2) is 6.88. The number of nitrogens with two attached hydrogens (primary N) is 1. The molecule has 3 aromatic heterocycles. The van der Waals surface area contributed by atoms with Crippen LogP contribution in [0.3, 0.4) is 0 Å². The second-order valence-corrected chi connectivity index (χ2v) is 8.33. The number of primary amides is 1. The molecule has 0 bridgehead atoms. The van der Waals surface area contributed by atoms with Gasteiger partial charge in [-0.05, 0) is 43.2 Å². The average Bonchev–Trinajstić information content (AvgIpc) is 2.99. The van der Waals surface area contributed by atoms with E-state index in [2.05, 4.69) is 16.9 Å². The number of amides is 1. The van der Waals surface area contributed by atoms with Gasteiger partial charge in [0.1, 0.15) is 16.2 Å². The molecule has 130 valence electrons. The van der Waals surface area contributed by atoms with Gasteiger partial charge in [-0.3, -0.25) is 4.79 Å². The van der Waals surface area contributed by atoms with Crippen LogP contribution in [0.15, 0.2) is 11.4 Å². The molecule has 1 aliphatic carbocycles. The van der Waals surface area contributed by atoms with Crippen LogP contribution in [0.1, 0.15) is 43.0 Å². The highest BCUT2D eigenvalue weighted by atomic mass is 32.2. The molecule has 3 heterocycles. The number of fused-ring (bicyclic) bond motifs is 5. The van der Waals surface area contributed by atoms with Crippen LogP contribution in [0.25, 0.3) is 20.4 Å². The molecule has 0 aromatic carbocycles. The largest absolute Gasteiger partial charge is 0.369 e.